The normalized spacial score (nSPS) is 12.8. The molecular formula is C33H30N2O5S. The minimum Gasteiger partial charge on any atom is -0.493 e. The van der Waals surface area contributed by atoms with Crippen molar-refractivity contribution in [2.24, 2.45) is 0 Å². The highest BCUT2D eigenvalue weighted by atomic mass is 32.1. The monoisotopic (exact) mass is 566 g/mol. The van der Waals surface area contributed by atoms with Crippen LogP contribution < -0.4 is 14.8 Å². The van der Waals surface area contributed by atoms with Gasteiger partial charge in [-0.25, -0.2) is 4.79 Å². The highest BCUT2D eigenvalue weighted by Crippen LogP contribution is 2.39. The predicted molar refractivity (Wildman–Crippen MR) is 160 cm³/mol. The number of rotatable bonds is 9. The molecule has 0 aliphatic heterocycles. The van der Waals surface area contributed by atoms with E-state index >= 15 is 0 Å². The molecule has 1 aliphatic rings. The average Bonchev–Trinajstić information content (AvgIpc) is 3.36. The first-order chi connectivity index (χ1) is 20.0. The molecule has 1 aromatic heterocycles. The maximum atomic E-state index is 13.2. The molecule has 0 atom stereocenters. The van der Waals surface area contributed by atoms with Crippen molar-refractivity contribution in [3.05, 3.63) is 93.4 Å². The van der Waals surface area contributed by atoms with Gasteiger partial charge in [-0.05, 0) is 78.3 Å². The van der Waals surface area contributed by atoms with E-state index in [1.54, 1.807) is 32.2 Å². The van der Waals surface area contributed by atoms with Crippen LogP contribution in [-0.2, 0) is 29.0 Å². The Morgan fingerprint density at radius 2 is 1.85 bits per heavy atom. The molecule has 0 fully saturated rings. The summed E-state index contributed by atoms with van der Waals surface area (Å²) in [6.45, 7) is 2.34. The molecule has 208 valence electrons. The predicted octanol–water partition coefficient (Wildman–Crippen LogP) is 7.09. The third-order valence-corrected chi connectivity index (χ3v) is 8.21. The van der Waals surface area contributed by atoms with E-state index in [0.717, 1.165) is 52.5 Å². The molecule has 0 unspecified atom stereocenters. The SMILES string of the molecule is CCOC(=O)c1c(NC(=O)/C(C#N)=C/c2ccc(OCc3cccc4ccccc34)c(OC)c2)sc2c1CCCC2. The number of thiophene rings is 1. The number of anilines is 1. The molecule has 1 amide bonds. The Hall–Kier alpha value is -4.61. The summed E-state index contributed by atoms with van der Waals surface area (Å²) in [7, 11) is 1.54. The number of ether oxygens (including phenoxy) is 3. The number of aryl methyl sites for hydroxylation is 1. The quantitative estimate of drug-likeness (QED) is 0.132. The van der Waals surface area contributed by atoms with Gasteiger partial charge in [0.1, 0.15) is 23.3 Å². The van der Waals surface area contributed by atoms with E-state index in [0.29, 0.717) is 34.2 Å². The molecular weight excluding hydrogens is 536 g/mol. The Bertz CT molecular complexity index is 1680. The van der Waals surface area contributed by atoms with E-state index in [-0.39, 0.29) is 12.2 Å². The number of carbonyl (C=O) groups excluding carboxylic acids is 2. The molecule has 4 aromatic rings. The Morgan fingerprint density at radius 3 is 2.66 bits per heavy atom. The van der Waals surface area contributed by atoms with E-state index in [2.05, 4.69) is 23.5 Å². The highest BCUT2D eigenvalue weighted by Gasteiger charge is 2.27. The van der Waals surface area contributed by atoms with E-state index in [1.165, 1.54) is 17.4 Å². The fraction of sp³-hybridized carbons (Fsp3) is 0.242. The van der Waals surface area contributed by atoms with Gasteiger partial charge in [0, 0.05) is 4.88 Å². The van der Waals surface area contributed by atoms with Crippen molar-refractivity contribution in [1.29, 1.82) is 5.26 Å². The molecule has 0 spiro atoms. The number of fused-ring (bicyclic) bond motifs is 2. The molecule has 0 saturated carbocycles. The van der Waals surface area contributed by atoms with Crippen LogP contribution in [-0.4, -0.2) is 25.6 Å². The molecule has 0 bridgehead atoms. The molecule has 8 heteroatoms. The molecule has 0 radical (unpaired) electrons. The first-order valence-electron chi connectivity index (χ1n) is 13.5. The number of carbonyl (C=O) groups is 2. The number of hydrogen-bond acceptors (Lipinski definition) is 7. The van der Waals surface area contributed by atoms with Gasteiger partial charge < -0.3 is 19.5 Å². The van der Waals surface area contributed by atoms with Gasteiger partial charge in [0.25, 0.3) is 5.91 Å². The summed E-state index contributed by atoms with van der Waals surface area (Å²) in [5.41, 5.74) is 2.91. The number of nitrogens with zero attached hydrogens (tertiary/aromatic N) is 1. The minimum absolute atomic E-state index is 0.0994. The van der Waals surface area contributed by atoms with Crippen molar-refractivity contribution in [2.45, 2.75) is 39.2 Å². The van der Waals surface area contributed by atoms with E-state index in [4.69, 9.17) is 14.2 Å². The molecule has 1 aliphatic carbocycles. The van der Waals surface area contributed by atoms with Gasteiger partial charge in [-0.2, -0.15) is 5.26 Å². The summed E-state index contributed by atoms with van der Waals surface area (Å²) in [6, 6.07) is 21.5. The van der Waals surface area contributed by atoms with Gasteiger partial charge in [-0.3, -0.25) is 4.79 Å². The fourth-order valence-corrected chi connectivity index (χ4v) is 6.30. The van der Waals surface area contributed by atoms with Gasteiger partial charge in [-0.1, -0.05) is 48.5 Å². The third-order valence-electron chi connectivity index (χ3n) is 7.00. The van der Waals surface area contributed by atoms with Crippen molar-refractivity contribution in [1.82, 2.24) is 0 Å². The summed E-state index contributed by atoms with van der Waals surface area (Å²) in [4.78, 5) is 27.0. The lowest BCUT2D eigenvalue weighted by Crippen LogP contribution is -2.16. The topological polar surface area (TPSA) is 97.7 Å². The first kappa shape index (κ1) is 27.9. The Balaban J connectivity index is 1.35. The summed E-state index contributed by atoms with van der Waals surface area (Å²) in [5.74, 6) is -0.0172. The standard InChI is InChI=1S/C33H30N2O5S/c1-3-39-33(37)30-26-13-6-7-14-29(26)41-32(30)35-31(36)24(19-34)17-21-15-16-27(28(18-21)38-2)40-20-23-11-8-10-22-9-4-5-12-25(22)23/h4-5,8-12,15-18H,3,6-7,13-14,20H2,1-2H3,(H,35,36)/b24-17+. The number of amides is 1. The second kappa shape index (κ2) is 12.7. The van der Waals surface area contributed by atoms with Crippen LogP contribution in [0.15, 0.2) is 66.2 Å². The zero-order valence-electron chi connectivity index (χ0n) is 23.0. The number of nitriles is 1. The molecule has 3 aromatic carbocycles. The minimum atomic E-state index is -0.591. The van der Waals surface area contributed by atoms with Crippen LogP contribution in [0.3, 0.4) is 0 Å². The first-order valence-corrected chi connectivity index (χ1v) is 14.4. The highest BCUT2D eigenvalue weighted by molar-refractivity contribution is 7.17. The summed E-state index contributed by atoms with van der Waals surface area (Å²) in [5, 5.41) is 15.3. The van der Waals surface area contributed by atoms with Crippen molar-refractivity contribution in [3.8, 4) is 17.6 Å². The smallest absolute Gasteiger partial charge is 0.341 e. The molecule has 41 heavy (non-hydrogen) atoms. The van der Waals surface area contributed by atoms with Crippen LogP contribution >= 0.6 is 11.3 Å². The lowest BCUT2D eigenvalue weighted by Gasteiger charge is -2.13. The van der Waals surface area contributed by atoms with Crippen LogP contribution in [0.5, 0.6) is 11.5 Å². The number of hydrogen-bond donors (Lipinski definition) is 1. The maximum absolute atomic E-state index is 13.2. The summed E-state index contributed by atoms with van der Waals surface area (Å²) >= 11 is 1.38. The van der Waals surface area contributed by atoms with Crippen molar-refractivity contribution < 1.29 is 23.8 Å². The molecule has 0 saturated heterocycles. The van der Waals surface area contributed by atoms with Gasteiger partial charge in [0.2, 0.25) is 0 Å². The Labute approximate surface area is 243 Å². The van der Waals surface area contributed by atoms with E-state index in [9.17, 15) is 14.9 Å². The van der Waals surface area contributed by atoms with Crippen molar-refractivity contribution >= 4 is 45.1 Å². The lowest BCUT2D eigenvalue weighted by atomic mass is 9.95. The van der Waals surface area contributed by atoms with Crippen molar-refractivity contribution in [2.75, 3.05) is 19.0 Å². The second-order valence-corrected chi connectivity index (χ2v) is 10.7. The van der Waals surface area contributed by atoms with E-state index < -0.39 is 11.9 Å². The number of nitrogens with one attached hydrogen (secondary N) is 1. The molecule has 1 heterocycles. The van der Waals surface area contributed by atoms with Crippen LogP contribution in [0.1, 0.15) is 51.7 Å². The van der Waals surface area contributed by atoms with Gasteiger partial charge >= 0.3 is 5.97 Å². The molecule has 5 rings (SSSR count). The van der Waals surface area contributed by atoms with Gasteiger partial charge in [-0.15, -0.1) is 11.3 Å². The Morgan fingerprint density at radius 1 is 1.05 bits per heavy atom. The van der Waals surface area contributed by atoms with Crippen LogP contribution in [0.2, 0.25) is 0 Å². The maximum Gasteiger partial charge on any atom is 0.341 e. The van der Waals surface area contributed by atoms with E-state index in [1.807, 2.05) is 30.3 Å². The molecule has 1 N–H and O–H groups in total. The van der Waals surface area contributed by atoms with Crippen LogP contribution in [0.25, 0.3) is 16.8 Å². The third kappa shape index (κ3) is 6.11. The Kier molecular flexibility index (Phi) is 8.66. The fourth-order valence-electron chi connectivity index (χ4n) is 5.03. The molecule has 7 nitrogen and oxygen atoms in total. The second-order valence-electron chi connectivity index (χ2n) is 9.60. The van der Waals surface area contributed by atoms with Crippen LogP contribution in [0.4, 0.5) is 5.00 Å². The van der Waals surface area contributed by atoms with Gasteiger partial charge in [0.15, 0.2) is 11.5 Å². The summed E-state index contributed by atoms with van der Waals surface area (Å²) in [6.07, 6.45) is 5.14. The zero-order chi connectivity index (χ0) is 28.8. The van der Waals surface area contributed by atoms with Gasteiger partial charge in [0.05, 0.1) is 19.3 Å². The van der Waals surface area contributed by atoms with Crippen molar-refractivity contribution in [3.63, 3.8) is 0 Å². The largest absolute Gasteiger partial charge is 0.493 e. The lowest BCUT2D eigenvalue weighted by molar-refractivity contribution is -0.112. The van der Waals surface area contributed by atoms with Crippen LogP contribution in [0, 0.1) is 11.3 Å². The zero-order valence-corrected chi connectivity index (χ0v) is 23.8. The number of esters is 1. The number of benzene rings is 3. The average molecular weight is 567 g/mol. The summed E-state index contributed by atoms with van der Waals surface area (Å²) < 4.78 is 16.9. The number of methoxy groups -OCH3 is 1.